The van der Waals surface area contributed by atoms with E-state index in [1.807, 2.05) is 44.2 Å². The van der Waals surface area contributed by atoms with E-state index >= 15 is 0 Å². The Morgan fingerprint density at radius 3 is 2.50 bits per heavy atom. The van der Waals surface area contributed by atoms with Crippen LogP contribution in [0.15, 0.2) is 59.5 Å². The number of hydrogen-bond donors (Lipinski definition) is 1. The van der Waals surface area contributed by atoms with Gasteiger partial charge in [-0.05, 0) is 41.1 Å². The van der Waals surface area contributed by atoms with Crippen molar-refractivity contribution in [2.45, 2.75) is 24.8 Å². The second-order valence-corrected chi connectivity index (χ2v) is 10.2. The van der Waals surface area contributed by atoms with Crippen LogP contribution in [0.5, 0.6) is 11.5 Å². The van der Waals surface area contributed by atoms with Crippen molar-refractivity contribution in [1.29, 1.82) is 0 Å². The fourth-order valence-corrected chi connectivity index (χ4v) is 6.03. The number of nitrogens with zero attached hydrogens (tertiary/aromatic N) is 1. The first-order chi connectivity index (χ1) is 15.4. The smallest absolute Gasteiger partial charge is 0.265 e. The summed E-state index contributed by atoms with van der Waals surface area (Å²) in [5, 5.41) is 4.52. The fourth-order valence-electron chi connectivity index (χ4n) is 4.37. The molecular weight excluding hydrogens is 428 g/mol. The standard InChI is InChI=1S/C24H24N2O5S/c1-15(2)24(17-9-10-19-20(13-17)31-12-11-30-19)25-22(27)14-26-18-7-3-5-16-6-4-8-21(23(16)18)32(26,28)29/h3-10,13,15,24H,11-12,14H2,1-2H3,(H,25,27). The summed E-state index contributed by atoms with van der Waals surface area (Å²) in [7, 11) is -3.79. The highest BCUT2D eigenvalue weighted by Gasteiger charge is 2.37. The minimum absolute atomic E-state index is 0.0809. The fraction of sp³-hybridized carbons (Fsp3) is 0.292. The molecule has 0 saturated heterocycles. The predicted molar refractivity (Wildman–Crippen MR) is 122 cm³/mol. The van der Waals surface area contributed by atoms with Crippen LogP contribution in [0.1, 0.15) is 25.5 Å². The first-order valence-corrected chi connectivity index (χ1v) is 12.0. The van der Waals surface area contributed by atoms with E-state index in [2.05, 4.69) is 5.32 Å². The largest absolute Gasteiger partial charge is 0.486 e. The Kier molecular flexibility index (Phi) is 4.97. The molecule has 3 aromatic carbocycles. The van der Waals surface area contributed by atoms with Crippen LogP contribution in [0.25, 0.3) is 10.8 Å². The van der Waals surface area contributed by atoms with Crippen molar-refractivity contribution in [3.8, 4) is 11.5 Å². The molecule has 166 valence electrons. The van der Waals surface area contributed by atoms with Gasteiger partial charge in [0, 0.05) is 5.39 Å². The normalized spacial score (nSPS) is 16.9. The van der Waals surface area contributed by atoms with E-state index in [0.717, 1.165) is 10.9 Å². The number of amides is 1. The second-order valence-electron chi connectivity index (χ2n) is 8.34. The van der Waals surface area contributed by atoms with Gasteiger partial charge in [-0.15, -0.1) is 0 Å². The third kappa shape index (κ3) is 3.35. The zero-order valence-corrected chi connectivity index (χ0v) is 18.7. The molecule has 1 amide bonds. The van der Waals surface area contributed by atoms with Gasteiger partial charge in [-0.3, -0.25) is 9.10 Å². The summed E-state index contributed by atoms with van der Waals surface area (Å²) in [5.74, 6) is 1.05. The summed E-state index contributed by atoms with van der Waals surface area (Å²) in [4.78, 5) is 13.3. The minimum atomic E-state index is -3.79. The molecule has 1 unspecified atom stereocenters. The van der Waals surface area contributed by atoms with Crippen LogP contribution >= 0.6 is 0 Å². The maximum absolute atomic E-state index is 13.2. The number of fused-ring (bicyclic) bond motifs is 1. The lowest BCUT2D eigenvalue weighted by Gasteiger charge is -2.26. The minimum Gasteiger partial charge on any atom is -0.486 e. The Morgan fingerprint density at radius 2 is 1.75 bits per heavy atom. The maximum Gasteiger partial charge on any atom is 0.265 e. The third-order valence-electron chi connectivity index (χ3n) is 5.88. The number of hydrogen-bond acceptors (Lipinski definition) is 5. The lowest BCUT2D eigenvalue weighted by Crippen LogP contribution is -2.41. The SMILES string of the molecule is CC(C)C(NC(=O)CN1c2cccc3cccc(c23)S1(=O)=O)c1ccc2c(c1)OCCO2. The molecule has 0 spiro atoms. The van der Waals surface area contributed by atoms with Gasteiger partial charge in [0.05, 0.1) is 16.6 Å². The maximum atomic E-state index is 13.2. The molecule has 7 nitrogen and oxygen atoms in total. The highest BCUT2D eigenvalue weighted by molar-refractivity contribution is 7.93. The summed E-state index contributed by atoms with van der Waals surface area (Å²) < 4.78 is 38.8. The molecule has 0 fully saturated rings. The van der Waals surface area contributed by atoms with Gasteiger partial charge in [0.15, 0.2) is 11.5 Å². The number of carbonyl (C=O) groups is 1. The van der Waals surface area contributed by atoms with Crippen LogP contribution < -0.4 is 19.1 Å². The Hall–Kier alpha value is -3.26. The van der Waals surface area contributed by atoms with Crippen molar-refractivity contribution >= 4 is 32.4 Å². The average Bonchev–Trinajstić information content (AvgIpc) is 3.00. The quantitative estimate of drug-likeness (QED) is 0.639. The molecule has 2 aliphatic rings. The van der Waals surface area contributed by atoms with Crippen LogP contribution in [-0.2, 0) is 14.8 Å². The number of benzene rings is 3. The zero-order valence-electron chi connectivity index (χ0n) is 17.9. The van der Waals surface area contributed by atoms with E-state index in [4.69, 9.17) is 9.47 Å². The molecule has 3 aromatic rings. The second kappa shape index (κ2) is 7.70. The molecular formula is C24H24N2O5S. The number of nitrogens with one attached hydrogen (secondary N) is 1. The van der Waals surface area contributed by atoms with Crippen LogP contribution in [0.2, 0.25) is 0 Å². The van der Waals surface area contributed by atoms with Crippen molar-refractivity contribution < 1.29 is 22.7 Å². The van der Waals surface area contributed by atoms with Crippen LogP contribution in [-0.4, -0.2) is 34.1 Å². The number of ether oxygens (including phenoxy) is 2. The van der Waals surface area contributed by atoms with E-state index in [9.17, 15) is 13.2 Å². The molecule has 1 atom stereocenters. The number of sulfonamides is 1. The van der Waals surface area contributed by atoms with Gasteiger partial charge in [0.2, 0.25) is 5.91 Å². The number of rotatable bonds is 5. The molecule has 2 aliphatic heterocycles. The lowest BCUT2D eigenvalue weighted by atomic mass is 9.95. The molecule has 0 aliphatic carbocycles. The summed E-state index contributed by atoms with van der Waals surface area (Å²) in [6, 6.07) is 15.9. The molecule has 5 rings (SSSR count). The summed E-state index contributed by atoms with van der Waals surface area (Å²) >= 11 is 0. The van der Waals surface area contributed by atoms with Crippen molar-refractivity contribution in [3.63, 3.8) is 0 Å². The molecule has 32 heavy (non-hydrogen) atoms. The number of anilines is 1. The van der Waals surface area contributed by atoms with Crippen molar-refractivity contribution in [2.75, 3.05) is 24.1 Å². The van der Waals surface area contributed by atoms with Crippen LogP contribution in [0, 0.1) is 5.92 Å². The molecule has 8 heteroatoms. The van der Waals surface area contributed by atoms with Crippen molar-refractivity contribution in [2.24, 2.45) is 5.92 Å². The van der Waals surface area contributed by atoms with E-state index in [-0.39, 0.29) is 29.3 Å². The first kappa shape index (κ1) is 20.6. The molecule has 0 saturated carbocycles. The summed E-state index contributed by atoms with van der Waals surface area (Å²) in [6.45, 7) is 4.71. The summed E-state index contributed by atoms with van der Waals surface area (Å²) in [6.07, 6.45) is 0. The third-order valence-corrected chi connectivity index (χ3v) is 7.68. The molecule has 0 radical (unpaired) electrons. The van der Waals surface area contributed by atoms with Gasteiger partial charge in [0.25, 0.3) is 10.0 Å². The zero-order chi connectivity index (χ0) is 22.5. The van der Waals surface area contributed by atoms with E-state index < -0.39 is 10.0 Å². The Morgan fingerprint density at radius 1 is 1.03 bits per heavy atom. The van der Waals surface area contributed by atoms with Gasteiger partial charge < -0.3 is 14.8 Å². The Balaban J connectivity index is 1.41. The van der Waals surface area contributed by atoms with Gasteiger partial charge in [-0.1, -0.05) is 44.2 Å². The lowest BCUT2D eigenvalue weighted by molar-refractivity contribution is -0.120. The van der Waals surface area contributed by atoms with E-state index in [1.54, 1.807) is 24.3 Å². The molecule has 0 bridgehead atoms. The Bertz CT molecular complexity index is 1310. The number of carbonyl (C=O) groups excluding carboxylic acids is 1. The molecule has 2 heterocycles. The molecule has 0 aromatic heterocycles. The Labute approximate surface area is 187 Å². The van der Waals surface area contributed by atoms with Gasteiger partial charge in [0.1, 0.15) is 19.8 Å². The predicted octanol–water partition coefficient (Wildman–Crippen LogP) is 3.63. The van der Waals surface area contributed by atoms with Crippen molar-refractivity contribution in [1.82, 2.24) is 5.32 Å². The van der Waals surface area contributed by atoms with Crippen LogP contribution in [0.3, 0.4) is 0 Å². The van der Waals surface area contributed by atoms with Gasteiger partial charge in [-0.25, -0.2) is 8.42 Å². The van der Waals surface area contributed by atoms with Gasteiger partial charge in [-0.2, -0.15) is 0 Å². The monoisotopic (exact) mass is 452 g/mol. The summed E-state index contributed by atoms with van der Waals surface area (Å²) in [5.41, 5.74) is 1.42. The van der Waals surface area contributed by atoms with Crippen LogP contribution in [0.4, 0.5) is 5.69 Å². The molecule has 1 N–H and O–H groups in total. The highest BCUT2D eigenvalue weighted by atomic mass is 32.2. The topological polar surface area (TPSA) is 84.9 Å². The van der Waals surface area contributed by atoms with E-state index in [1.165, 1.54) is 4.31 Å². The van der Waals surface area contributed by atoms with E-state index in [0.29, 0.717) is 35.8 Å². The highest BCUT2D eigenvalue weighted by Crippen LogP contribution is 2.42. The van der Waals surface area contributed by atoms with Gasteiger partial charge >= 0.3 is 0 Å². The average molecular weight is 453 g/mol. The first-order valence-electron chi connectivity index (χ1n) is 10.6. The van der Waals surface area contributed by atoms with Crippen molar-refractivity contribution in [3.05, 3.63) is 60.2 Å².